The molecule has 5 rings (SSSR count). The number of carbonyl (C=O) groups is 2. The summed E-state index contributed by atoms with van der Waals surface area (Å²) in [6.07, 6.45) is 2.42. The number of nitrogens with zero attached hydrogens (tertiary/aromatic N) is 2. The van der Waals surface area contributed by atoms with E-state index in [0.717, 1.165) is 55.6 Å². The van der Waals surface area contributed by atoms with E-state index in [1.165, 1.54) is 0 Å². The second kappa shape index (κ2) is 11.3. The Morgan fingerprint density at radius 1 is 0.923 bits per heavy atom. The van der Waals surface area contributed by atoms with Crippen LogP contribution in [0.3, 0.4) is 0 Å². The highest BCUT2D eigenvalue weighted by molar-refractivity contribution is 6.42. The lowest BCUT2D eigenvalue weighted by Crippen LogP contribution is -2.53. The van der Waals surface area contributed by atoms with Crippen LogP contribution in [-0.4, -0.2) is 48.3 Å². The Morgan fingerprint density at radius 3 is 2.18 bits per heavy atom. The summed E-state index contributed by atoms with van der Waals surface area (Å²) in [6, 6.07) is 25.9. The summed E-state index contributed by atoms with van der Waals surface area (Å²) in [5, 5.41) is 4.22. The zero-order valence-corrected chi connectivity index (χ0v) is 24.0. The van der Waals surface area contributed by atoms with Crippen molar-refractivity contribution < 1.29 is 9.59 Å². The lowest BCUT2D eigenvalue weighted by molar-refractivity contribution is -0.133. The van der Waals surface area contributed by atoms with Gasteiger partial charge in [-0.3, -0.25) is 9.59 Å². The molecule has 0 spiro atoms. The Hall–Kier alpha value is -2.86. The summed E-state index contributed by atoms with van der Waals surface area (Å²) >= 11 is 12.7. The number of likely N-dealkylation sites (tertiary alicyclic amines) is 1. The average Bonchev–Trinajstić information content (AvgIpc) is 3.66. The van der Waals surface area contributed by atoms with Crippen LogP contribution in [0.5, 0.6) is 0 Å². The highest BCUT2D eigenvalue weighted by Gasteiger charge is 2.62. The first kappa shape index (κ1) is 27.7. The Morgan fingerprint density at radius 2 is 1.56 bits per heavy atom. The third-order valence-electron chi connectivity index (χ3n) is 8.46. The molecule has 1 aliphatic carbocycles. The molecule has 0 aromatic heterocycles. The molecule has 2 fully saturated rings. The van der Waals surface area contributed by atoms with Gasteiger partial charge in [0.2, 0.25) is 11.8 Å². The first-order chi connectivity index (χ1) is 18.7. The van der Waals surface area contributed by atoms with Crippen LogP contribution in [0.1, 0.15) is 42.9 Å². The van der Waals surface area contributed by atoms with Crippen molar-refractivity contribution in [2.24, 2.45) is 5.92 Å². The van der Waals surface area contributed by atoms with Crippen molar-refractivity contribution >= 4 is 35.0 Å². The van der Waals surface area contributed by atoms with Crippen LogP contribution < -0.4 is 5.32 Å². The van der Waals surface area contributed by atoms with E-state index in [9.17, 15) is 9.59 Å². The molecule has 3 aromatic rings. The molecule has 1 aliphatic heterocycles. The second-order valence-corrected chi connectivity index (χ2v) is 11.9. The van der Waals surface area contributed by atoms with Gasteiger partial charge in [0.05, 0.1) is 21.0 Å². The number of halogens is 2. The van der Waals surface area contributed by atoms with Crippen molar-refractivity contribution in [3.63, 3.8) is 0 Å². The van der Waals surface area contributed by atoms with E-state index in [1.807, 2.05) is 72.6 Å². The van der Waals surface area contributed by atoms with Gasteiger partial charge in [-0.2, -0.15) is 0 Å². The summed E-state index contributed by atoms with van der Waals surface area (Å²) in [7, 11) is 1.88. The van der Waals surface area contributed by atoms with Crippen molar-refractivity contribution in [2.45, 2.75) is 43.7 Å². The molecule has 39 heavy (non-hydrogen) atoms. The maximum atomic E-state index is 14.1. The SMILES string of the molecule is CC(=O)NC1(c2ccccc2)CCN(C[C@@H]2C[C@]2(C(=O)N(C)Cc2ccccc2)c2ccc(Cl)c(Cl)c2)CC1. The summed E-state index contributed by atoms with van der Waals surface area (Å²) in [5.41, 5.74) is 2.19. The van der Waals surface area contributed by atoms with Gasteiger partial charge in [0.25, 0.3) is 0 Å². The highest BCUT2D eigenvalue weighted by Crippen LogP contribution is 2.56. The van der Waals surface area contributed by atoms with E-state index >= 15 is 0 Å². The summed E-state index contributed by atoms with van der Waals surface area (Å²) in [4.78, 5) is 30.5. The number of hydrogen-bond acceptors (Lipinski definition) is 3. The molecule has 0 radical (unpaired) electrons. The Kier molecular flexibility index (Phi) is 8.04. The molecule has 1 saturated heterocycles. The van der Waals surface area contributed by atoms with Gasteiger partial charge in [0.1, 0.15) is 0 Å². The predicted octanol–water partition coefficient (Wildman–Crippen LogP) is 6.04. The Bertz CT molecular complexity index is 1330. The van der Waals surface area contributed by atoms with Crippen LogP contribution >= 0.6 is 23.2 Å². The zero-order chi connectivity index (χ0) is 27.6. The minimum Gasteiger partial charge on any atom is -0.347 e. The van der Waals surface area contributed by atoms with Gasteiger partial charge in [-0.15, -0.1) is 0 Å². The molecule has 3 aromatic carbocycles. The van der Waals surface area contributed by atoms with E-state index in [2.05, 4.69) is 22.3 Å². The number of likely N-dealkylation sites (N-methyl/N-ethyl adjacent to an activating group) is 1. The molecule has 2 aliphatic rings. The Balaban J connectivity index is 1.34. The smallest absolute Gasteiger partial charge is 0.233 e. The lowest BCUT2D eigenvalue weighted by atomic mass is 9.80. The number of piperidine rings is 1. The fraction of sp³-hybridized carbons (Fsp3) is 0.375. The van der Waals surface area contributed by atoms with Crippen LogP contribution in [0.4, 0.5) is 0 Å². The number of benzene rings is 3. The molecule has 0 bridgehead atoms. The average molecular weight is 565 g/mol. The van der Waals surface area contributed by atoms with Crippen LogP contribution in [-0.2, 0) is 27.1 Å². The molecule has 2 atom stereocenters. The van der Waals surface area contributed by atoms with Crippen LogP contribution in [0.2, 0.25) is 10.0 Å². The lowest BCUT2D eigenvalue weighted by Gasteiger charge is -2.43. The number of rotatable bonds is 8. The van der Waals surface area contributed by atoms with Crippen molar-refractivity contribution in [3.8, 4) is 0 Å². The molecule has 5 nitrogen and oxygen atoms in total. The normalized spacial score (nSPS) is 22.2. The first-order valence-corrected chi connectivity index (χ1v) is 14.3. The zero-order valence-electron chi connectivity index (χ0n) is 22.5. The molecular formula is C32H35Cl2N3O2. The van der Waals surface area contributed by atoms with Gasteiger partial charge in [0, 0.05) is 40.2 Å². The third kappa shape index (κ3) is 5.72. The van der Waals surface area contributed by atoms with E-state index in [4.69, 9.17) is 23.2 Å². The largest absolute Gasteiger partial charge is 0.347 e. The molecule has 7 heteroatoms. The maximum Gasteiger partial charge on any atom is 0.233 e. The molecular weight excluding hydrogens is 529 g/mol. The monoisotopic (exact) mass is 563 g/mol. The van der Waals surface area contributed by atoms with E-state index in [1.54, 1.807) is 13.0 Å². The van der Waals surface area contributed by atoms with Gasteiger partial charge < -0.3 is 15.1 Å². The predicted molar refractivity (Wildman–Crippen MR) is 157 cm³/mol. The van der Waals surface area contributed by atoms with E-state index < -0.39 is 5.41 Å². The minimum atomic E-state index is -0.622. The standard InChI is InChI=1S/C32H35Cl2N3O2/c1-23(38)35-31(25-11-7-4-8-12-25)15-17-37(18-16-31)22-27-20-32(27,26-13-14-28(33)29(34)19-26)30(39)36(2)21-24-9-5-3-6-10-24/h3-14,19,27H,15-18,20-22H2,1-2H3,(H,35,38)/t27-,32-/m0/s1. The van der Waals surface area contributed by atoms with Gasteiger partial charge >= 0.3 is 0 Å². The third-order valence-corrected chi connectivity index (χ3v) is 9.20. The van der Waals surface area contributed by atoms with Crippen molar-refractivity contribution in [2.75, 3.05) is 26.7 Å². The quantitative estimate of drug-likeness (QED) is 0.363. The van der Waals surface area contributed by atoms with Crippen molar-refractivity contribution in [1.82, 2.24) is 15.1 Å². The highest BCUT2D eigenvalue weighted by atomic mass is 35.5. The Labute approximate surface area is 241 Å². The minimum absolute atomic E-state index is 0.0137. The second-order valence-electron chi connectivity index (χ2n) is 11.1. The van der Waals surface area contributed by atoms with Gasteiger partial charge in [-0.1, -0.05) is 89.9 Å². The van der Waals surface area contributed by atoms with Gasteiger partial charge in [-0.05, 0) is 54.0 Å². The number of nitrogens with one attached hydrogen (secondary N) is 1. The fourth-order valence-electron chi connectivity index (χ4n) is 6.34. The number of amides is 2. The summed E-state index contributed by atoms with van der Waals surface area (Å²) < 4.78 is 0. The van der Waals surface area contributed by atoms with Crippen molar-refractivity contribution in [3.05, 3.63) is 106 Å². The first-order valence-electron chi connectivity index (χ1n) is 13.6. The molecule has 1 heterocycles. The van der Waals surface area contributed by atoms with E-state index in [0.29, 0.717) is 16.6 Å². The van der Waals surface area contributed by atoms with Crippen molar-refractivity contribution in [1.29, 1.82) is 0 Å². The molecule has 2 amide bonds. The molecule has 0 unspecified atom stereocenters. The number of hydrogen-bond donors (Lipinski definition) is 1. The van der Waals surface area contributed by atoms with Gasteiger partial charge in [-0.25, -0.2) is 0 Å². The summed E-state index contributed by atoms with van der Waals surface area (Å²) in [6.45, 7) is 4.64. The molecule has 1 N–H and O–H groups in total. The topological polar surface area (TPSA) is 52.7 Å². The van der Waals surface area contributed by atoms with Crippen LogP contribution in [0, 0.1) is 5.92 Å². The fourth-order valence-corrected chi connectivity index (χ4v) is 6.64. The molecule has 1 saturated carbocycles. The van der Waals surface area contributed by atoms with E-state index in [-0.39, 0.29) is 23.3 Å². The van der Waals surface area contributed by atoms with Crippen LogP contribution in [0.15, 0.2) is 78.9 Å². The van der Waals surface area contributed by atoms with Crippen LogP contribution in [0.25, 0.3) is 0 Å². The van der Waals surface area contributed by atoms with Gasteiger partial charge in [0.15, 0.2) is 0 Å². The molecule has 204 valence electrons. The number of carbonyl (C=O) groups excluding carboxylic acids is 2. The summed E-state index contributed by atoms with van der Waals surface area (Å²) in [5.74, 6) is 0.272. The maximum absolute atomic E-state index is 14.1.